The number of ketones is 1. The van der Waals surface area contributed by atoms with Crippen molar-refractivity contribution in [2.75, 3.05) is 10.6 Å². The Hall–Kier alpha value is -2.66. The normalized spacial score (nSPS) is 10.9. The Balaban J connectivity index is 2.10. The maximum absolute atomic E-state index is 12.5. The van der Waals surface area contributed by atoms with Crippen LogP contribution in [0.25, 0.3) is 0 Å². The fraction of sp³-hybridized carbons (Fsp3) is 0.211. The van der Waals surface area contributed by atoms with Crippen molar-refractivity contribution in [2.45, 2.75) is 20.8 Å². The number of amides is 2. The molecular weight excluding hydrogens is 340 g/mol. The van der Waals surface area contributed by atoms with Crippen LogP contribution in [0.2, 0.25) is 5.02 Å². The van der Waals surface area contributed by atoms with Gasteiger partial charge in [0, 0.05) is 22.0 Å². The predicted octanol–water partition coefficient (Wildman–Crippen LogP) is 4.15. The van der Waals surface area contributed by atoms with E-state index in [0.29, 0.717) is 22.0 Å². The van der Waals surface area contributed by atoms with Crippen LogP contribution in [-0.4, -0.2) is 17.6 Å². The summed E-state index contributed by atoms with van der Waals surface area (Å²) in [6, 6.07) is 13.2. The van der Waals surface area contributed by atoms with Crippen molar-refractivity contribution in [3.05, 3.63) is 59.1 Å². The zero-order valence-corrected chi connectivity index (χ0v) is 15.0. The summed E-state index contributed by atoms with van der Waals surface area (Å²) in [4.78, 5) is 36.4. The van der Waals surface area contributed by atoms with Gasteiger partial charge < -0.3 is 10.6 Å². The highest BCUT2D eigenvalue weighted by Crippen LogP contribution is 2.23. The van der Waals surface area contributed by atoms with Crippen molar-refractivity contribution < 1.29 is 14.4 Å². The zero-order chi connectivity index (χ0) is 18.6. The second-order valence-electron chi connectivity index (χ2n) is 6.18. The van der Waals surface area contributed by atoms with Crippen molar-refractivity contribution in [3.63, 3.8) is 0 Å². The Labute approximate surface area is 151 Å². The standard InChI is InChI=1S/C19H19ClN2O3/c1-12(23)13-5-4-6-16(11-13)22-18(25)19(2,3)17(24)21-15-9-7-14(20)8-10-15/h4-11H,1-3H3,(H,21,24)(H,22,25). The quantitative estimate of drug-likeness (QED) is 0.622. The number of benzene rings is 2. The Kier molecular flexibility index (Phi) is 5.59. The number of anilines is 2. The molecule has 0 bridgehead atoms. The van der Waals surface area contributed by atoms with Gasteiger partial charge in [0.1, 0.15) is 5.41 Å². The Morgan fingerprint density at radius 2 is 1.44 bits per heavy atom. The molecule has 0 atom stereocenters. The number of carbonyl (C=O) groups is 3. The fourth-order valence-electron chi connectivity index (χ4n) is 2.03. The minimum atomic E-state index is -1.31. The van der Waals surface area contributed by atoms with Crippen molar-refractivity contribution >= 4 is 40.6 Å². The molecule has 2 rings (SSSR count). The van der Waals surface area contributed by atoms with Gasteiger partial charge in [0.05, 0.1) is 0 Å². The Morgan fingerprint density at radius 1 is 0.880 bits per heavy atom. The second kappa shape index (κ2) is 7.49. The lowest BCUT2D eigenvalue weighted by molar-refractivity contribution is -0.135. The Morgan fingerprint density at radius 3 is 2.00 bits per heavy atom. The topological polar surface area (TPSA) is 75.3 Å². The van der Waals surface area contributed by atoms with E-state index in [9.17, 15) is 14.4 Å². The third kappa shape index (κ3) is 4.67. The molecule has 0 aliphatic rings. The molecule has 0 fully saturated rings. The number of nitrogens with one attached hydrogen (secondary N) is 2. The molecule has 0 aliphatic heterocycles. The molecule has 2 amide bonds. The van der Waals surface area contributed by atoms with Gasteiger partial charge in [-0.2, -0.15) is 0 Å². The summed E-state index contributed by atoms with van der Waals surface area (Å²) < 4.78 is 0. The van der Waals surface area contributed by atoms with Crippen LogP contribution < -0.4 is 10.6 Å². The molecule has 25 heavy (non-hydrogen) atoms. The third-order valence-corrected chi connectivity index (χ3v) is 4.02. The van der Waals surface area contributed by atoms with E-state index in [2.05, 4.69) is 10.6 Å². The smallest absolute Gasteiger partial charge is 0.239 e. The van der Waals surface area contributed by atoms with Crippen LogP contribution >= 0.6 is 11.6 Å². The van der Waals surface area contributed by atoms with Gasteiger partial charge in [0.25, 0.3) is 0 Å². The van der Waals surface area contributed by atoms with E-state index >= 15 is 0 Å². The van der Waals surface area contributed by atoms with E-state index in [4.69, 9.17) is 11.6 Å². The lowest BCUT2D eigenvalue weighted by atomic mass is 9.90. The average Bonchev–Trinajstić information content (AvgIpc) is 2.57. The number of hydrogen-bond acceptors (Lipinski definition) is 3. The molecule has 6 heteroatoms. The largest absolute Gasteiger partial charge is 0.325 e. The molecule has 0 spiro atoms. The highest BCUT2D eigenvalue weighted by molar-refractivity contribution is 6.30. The molecule has 2 aromatic rings. The monoisotopic (exact) mass is 358 g/mol. The molecule has 0 heterocycles. The van der Waals surface area contributed by atoms with E-state index in [0.717, 1.165) is 0 Å². The fourth-order valence-corrected chi connectivity index (χ4v) is 2.15. The first-order valence-corrected chi connectivity index (χ1v) is 8.07. The second-order valence-corrected chi connectivity index (χ2v) is 6.61. The highest BCUT2D eigenvalue weighted by Gasteiger charge is 2.36. The van der Waals surface area contributed by atoms with Crippen molar-refractivity contribution in [3.8, 4) is 0 Å². The SMILES string of the molecule is CC(=O)c1cccc(NC(=O)C(C)(C)C(=O)Nc2ccc(Cl)cc2)c1. The molecule has 2 aromatic carbocycles. The van der Waals surface area contributed by atoms with Crippen LogP contribution in [0.3, 0.4) is 0 Å². The van der Waals surface area contributed by atoms with E-state index < -0.39 is 17.2 Å². The van der Waals surface area contributed by atoms with Gasteiger partial charge >= 0.3 is 0 Å². The molecule has 2 N–H and O–H groups in total. The third-order valence-electron chi connectivity index (χ3n) is 3.76. The molecule has 5 nitrogen and oxygen atoms in total. The first-order valence-electron chi connectivity index (χ1n) is 7.69. The molecule has 0 saturated carbocycles. The van der Waals surface area contributed by atoms with E-state index in [1.165, 1.54) is 20.8 Å². The number of hydrogen-bond donors (Lipinski definition) is 2. The average molecular weight is 359 g/mol. The van der Waals surface area contributed by atoms with Crippen LogP contribution in [0.15, 0.2) is 48.5 Å². The summed E-state index contributed by atoms with van der Waals surface area (Å²) in [5.74, 6) is -1.02. The van der Waals surface area contributed by atoms with Crippen LogP contribution in [0.4, 0.5) is 11.4 Å². The summed E-state index contributed by atoms with van der Waals surface area (Å²) in [7, 11) is 0. The molecule has 0 aliphatic carbocycles. The van der Waals surface area contributed by atoms with Crippen LogP contribution in [0.1, 0.15) is 31.1 Å². The van der Waals surface area contributed by atoms with Crippen molar-refractivity contribution in [2.24, 2.45) is 5.41 Å². The minimum absolute atomic E-state index is 0.101. The van der Waals surface area contributed by atoms with Gasteiger partial charge in [-0.25, -0.2) is 0 Å². The summed E-state index contributed by atoms with van der Waals surface area (Å²) in [5.41, 5.74) is 0.187. The lowest BCUT2D eigenvalue weighted by Crippen LogP contribution is -2.41. The molecule has 0 unspecified atom stereocenters. The molecule has 0 saturated heterocycles. The first kappa shape index (κ1) is 18.7. The van der Waals surface area contributed by atoms with Gasteiger partial charge in [-0.1, -0.05) is 23.7 Å². The molecular formula is C19H19ClN2O3. The van der Waals surface area contributed by atoms with Crippen LogP contribution in [0, 0.1) is 5.41 Å². The van der Waals surface area contributed by atoms with Crippen LogP contribution in [0.5, 0.6) is 0 Å². The van der Waals surface area contributed by atoms with Gasteiger partial charge in [0.2, 0.25) is 11.8 Å². The summed E-state index contributed by atoms with van der Waals surface area (Å²) in [5, 5.41) is 5.93. The number of carbonyl (C=O) groups excluding carboxylic acids is 3. The summed E-state index contributed by atoms with van der Waals surface area (Å²) in [6.07, 6.45) is 0. The molecule has 0 radical (unpaired) electrons. The summed E-state index contributed by atoms with van der Waals surface area (Å²) >= 11 is 5.81. The van der Waals surface area contributed by atoms with Crippen LogP contribution in [-0.2, 0) is 9.59 Å². The summed E-state index contributed by atoms with van der Waals surface area (Å²) in [6.45, 7) is 4.51. The van der Waals surface area contributed by atoms with E-state index in [-0.39, 0.29) is 5.78 Å². The number of Topliss-reactive ketones (excluding diaryl/α,β-unsaturated/α-hetero) is 1. The van der Waals surface area contributed by atoms with Crippen molar-refractivity contribution in [1.29, 1.82) is 0 Å². The number of rotatable bonds is 5. The Bertz CT molecular complexity index is 814. The first-order chi connectivity index (χ1) is 11.7. The maximum Gasteiger partial charge on any atom is 0.239 e. The van der Waals surface area contributed by atoms with Gasteiger partial charge in [-0.05, 0) is 57.2 Å². The lowest BCUT2D eigenvalue weighted by Gasteiger charge is -2.23. The van der Waals surface area contributed by atoms with Crippen molar-refractivity contribution in [1.82, 2.24) is 0 Å². The number of halogens is 1. The highest BCUT2D eigenvalue weighted by atomic mass is 35.5. The van der Waals surface area contributed by atoms with Gasteiger partial charge in [-0.3, -0.25) is 14.4 Å². The molecule has 0 aromatic heterocycles. The molecule has 130 valence electrons. The predicted molar refractivity (Wildman–Crippen MR) is 98.9 cm³/mol. The van der Waals surface area contributed by atoms with Gasteiger partial charge in [0.15, 0.2) is 5.78 Å². The van der Waals surface area contributed by atoms with E-state index in [1.807, 2.05) is 0 Å². The van der Waals surface area contributed by atoms with Gasteiger partial charge in [-0.15, -0.1) is 0 Å². The maximum atomic E-state index is 12.5. The minimum Gasteiger partial charge on any atom is -0.325 e. The van der Waals surface area contributed by atoms with E-state index in [1.54, 1.807) is 48.5 Å². The zero-order valence-electron chi connectivity index (χ0n) is 14.2.